The second-order valence-electron chi connectivity index (χ2n) is 5.36. The summed E-state index contributed by atoms with van der Waals surface area (Å²) in [5.74, 6) is 0.443. The van der Waals surface area contributed by atoms with Gasteiger partial charge in [-0.05, 0) is 17.7 Å². The number of carbonyl (C=O) groups excluding carboxylic acids is 1. The molecule has 1 atom stereocenters. The summed E-state index contributed by atoms with van der Waals surface area (Å²) in [4.78, 5) is 14.4. The van der Waals surface area contributed by atoms with Crippen LogP contribution in [0.1, 0.15) is 17.2 Å². The lowest BCUT2D eigenvalue weighted by Crippen LogP contribution is -2.45. The van der Waals surface area contributed by atoms with E-state index >= 15 is 0 Å². The molecule has 0 saturated heterocycles. The molecule has 1 aliphatic heterocycles. The van der Waals surface area contributed by atoms with Crippen LogP contribution in [0.4, 0.5) is 5.69 Å². The first-order valence-corrected chi connectivity index (χ1v) is 7.12. The molecule has 0 radical (unpaired) electrons. The third-order valence-corrected chi connectivity index (χ3v) is 3.60. The molecule has 0 saturated carbocycles. The van der Waals surface area contributed by atoms with E-state index in [0.29, 0.717) is 5.84 Å². The molecule has 0 aliphatic carbocycles. The fourth-order valence-electron chi connectivity index (χ4n) is 2.33. The second kappa shape index (κ2) is 5.89. The standard InChI is InChI=1S/C17H18N4O/c1-21(2)14-10-8-12(9-11-14)15-17(22)18-16(20-19-15)13-6-4-3-5-7-13/h3-11,15,19H,1-2H3,(H,18,20,22). The number of carbonyl (C=O) groups is 1. The van der Waals surface area contributed by atoms with Gasteiger partial charge in [0.25, 0.3) is 5.91 Å². The Morgan fingerprint density at radius 3 is 2.27 bits per heavy atom. The van der Waals surface area contributed by atoms with E-state index in [-0.39, 0.29) is 5.91 Å². The van der Waals surface area contributed by atoms with Gasteiger partial charge in [-0.25, -0.2) is 0 Å². The van der Waals surface area contributed by atoms with Crippen molar-refractivity contribution >= 4 is 17.4 Å². The van der Waals surface area contributed by atoms with Gasteiger partial charge in [-0.2, -0.15) is 5.10 Å². The van der Waals surface area contributed by atoms with Crippen LogP contribution in [0.2, 0.25) is 0 Å². The summed E-state index contributed by atoms with van der Waals surface area (Å²) in [6.07, 6.45) is 0. The van der Waals surface area contributed by atoms with E-state index in [0.717, 1.165) is 16.8 Å². The summed E-state index contributed by atoms with van der Waals surface area (Å²) < 4.78 is 0. The van der Waals surface area contributed by atoms with Gasteiger partial charge in [-0.3, -0.25) is 10.2 Å². The predicted octanol–water partition coefficient (Wildman–Crippen LogP) is 1.87. The SMILES string of the molecule is CN(C)c1ccc(C2NN=C(c3ccccc3)NC2=O)cc1. The van der Waals surface area contributed by atoms with Crippen LogP contribution in [-0.4, -0.2) is 25.8 Å². The van der Waals surface area contributed by atoms with Gasteiger partial charge >= 0.3 is 0 Å². The van der Waals surface area contributed by atoms with Gasteiger partial charge in [0.1, 0.15) is 6.04 Å². The summed E-state index contributed by atoms with van der Waals surface area (Å²) in [7, 11) is 3.97. The Balaban J connectivity index is 1.80. The summed E-state index contributed by atoms with van der Waals surface area (Å²) in [6.45, 7) is 0. The van der Waals surface area contributed by atoms with Crippen LogP contribution in [0.3, 0.4) is 0 Å². The van der Waals surface area contributed by atoms with Crippen molar-refractivity contribution < 1.29 is 4.79 Å². The zero-order valence-corrected chi connectivity index (χ0v) is 12.6. The van der Waals surface area contributed by atoms with Gasteiger partial charge in [0, 0.05) is 25.3 Å². The molecule has 1 amide bonds. The Morgan fingerprint density at radius 1 is 1.00 bits per heavy atom. The zero-order valence-electron chi connectivity index (χ0n) is 12.6. The molecule has 0 fully saturated rings. The molecule has 1 unspecified atom stereocenters. The molecule has 0 aromatic heterocycles. The zero-order chi connectivity index (χ0) is 15.5. The van der Waals surface area contributed by atoms with Crippen molar-refractivity contribution in [3.8, 4) is 0 Å². The molecule has 2 aromatic rings. The van der Waals surface area contributed by atoms with Crippen LogP contribution in [0.25, 0.3) is 0 Å². The van der Waals surface area contributed by atoms with E-state index in [9.17, 15) is 4.79 Å². The maximum atomic E-state index is 12.3. The summed E-state index contributed by atoms with van der Waals surface area (Å²) >= 11 is 0. The predicted molar refractivity (Wildman–Crippen MR) is 87.8 cm³/mol. The average Bonchev–Trinajstić information content (AvgIpc) is 2.56. The minimum Gasteiger partial charge on any atom is -0.378 e. The Labute approximate surface area is 129 Å². The molecule has 0 bridgehead atoms. The van der Waals surface area contributed by atoms with Crippen molar-refractivity contribution in [2.24, 2.45) is 5.10 Å². The largest absolute Gasteiger partial charge is 0.378 e. The highest BCUT2D eigenvalue weighted by molar-refractivity contribution is 6.10. The number of benzene rings is 2. The van der Waals surface area contributed by atoms with Crippen molar-refractivity contribution in [1.82, 2.24) is 10.7 Å². The quantitative estimate of drug-likeness (QED) is 0.908. The normalized spacial score (nSPS) is 17.3. The summed E-state index contributed by atoms with van der Waals surface area (Å²) in [6, 6.07) is 17.0. The van der Waals surface area contributed by atoms with Crippen molar-refractivity contribution in [2.75, 3.05) is 19.0 Å². The van der Waals surface area contributed by atoms with E-state index in [1.54, 1.807) is 0 Å². The monoisotopic (exact) mass is 294 g/mol. The first-order valence-electron chi connectivity index (χ1n) is 7.12. The summed E-state index contributed by atoms with van der Waals surface area (Å²) in [5.41, 5.74) is 5.80. The van der Waals surface area contributed by atoms with Gasteiger partial charge in [0.2, 0.25) is 0 Å². The van der Waals surface area contributed by atoms with E-state index in [1.165, 1.54) is 0 Å². The number of nitrogens with zero attached hydrogens (tertiary/aromatic N) is 2. The number of amidine groups is 1. The third-order valence-electron chi connectivity index (χ3n) is 3.60. The molecule has 5 nitrogen and oxygen atoms in total. The van der Waals surface area contributed by atoms with Crippen molar-refractivity contribution in [1.29, 1.82) is 0 Å². The van der Waals surface area contributed by atoms with Gasteiger partial charge < -0.3 is 10.2 Å². The molecule has 1 aliphatic rings. The average molecular weight is 294 g/mol. The number of anilines is 1. The van der Waals surface area contributed by atoms with Crippen LogP contribution >= 0.6 is 0 Å². The number of amides is 1. The van der Waals surface area contributed by atoms with Crippen LogP contribution in [0.15, 0.2) is 59.7 Å². The molecule has 3 rings (SSSR count). The maximum absolute atomic E-state index is 12.3. The maximum Gasteiger partial charge on any atom is 0.254 e. The number of hydrazone groups is 1. The third kappa shape index (κ3) is 2.79. The number of nitrogens with one attached hydrogen (secondary N) is 2. The van der Waals surface area contributed by atoms with Crippen LogP contribution in [0, 0.1) is 0 Å². The molecule has 0 spiro atoms. The van der Waals surface area contributed by atoms with Crippen LogP contribution < -0.4 is 15.6 Å². The second-order valence-corrected chi connectivity index (χ2v) is 5.36. The Bertz CT molecular complexity index is 692. The number of hydrogen-bond donors (Lipinski definition) is 2. The molecule has 112 valence electrons. The van der Waals surface area contributed by atoms with Crippen molar-refractivity contribution in [3.05, 3.63) is 65.7 Å². The lowest BCUT2D eigenvalue weighted by molar-refractivity contribution is -0.122. The molecular formula is C17H18N4O. The molecule has 2 N–H and O–H groups in total. The highest BCUT2D eigenvalue weighted by Gasteiger charge is 2.25. The van der Waals surface area contributed by atoms with Crippen LogP contribution in [0.5, 0.6) is 0 Å². The van der Waals surface area contributed by atoms with Gasteiger partial charge in [-0.1, -0.05) is 42.5 Å². The first-order chi connectivity index (χ1) is 10.6. The van der Waals surface area contributed by atoms with Crippen molar-refractivity contribution in [2.45, 2.75) is 6.04 Å². The number of rotatable bonds is 3. The molecule has 1 heterocycles. The van der Waals surface area contributed by atoms with E-state index in [1.807, 2.05) is 73.6 Å². The lowest BCUT2D eigenvalue weighted by Gasteiger charge is -2.23. The highest BCUT2D eigenvalue weighted by atomic mass is 16.2. The Kier molecular flexibility index (Phi) is 3.78. The van der Waals surface area contributed by atoms with Crippen LogP contribution in [-0.2, 0) is 4.79 Å². The van der Waals surface area contributed by atoms with E-state index in [2.05, 4.69) is 15.8 Å². The minimum atomic E-state index is -0.469. The van der Waals surface area contributed by atoms with Gasteiger partial charge in [-0.15, -0.1) is 0 Å². The Hall–Kier alpha value is -2.82. The lowest BCUT2D eigenvalue weighted by atomic mass is 10.0. The van der Waals surface area contributed by atoms with Gasteiger partial charge in [0.15, 0.2) is 5.84 Å². The number of hydrogen-bond acceptors (Lipinski definition) is 4. The van der Waals surface area contributed by atoms with E-state index in [4.69, 9.17) is 0 Å². The molecular weight excluding hydrogens is 276 g/mol. The fourth-order valence-corrected chi connectivity index (χ4v) is 2.33. The summed E-state index contributed by atoms with van der Waals surface area (Å²) in [5, 5.41) is 7.15. The molecule has 22 heavy (non-hydrogen) atoms. The Morgan fingerprint density at radius 2 is 1.68 bits per heavy atom. The fraction of sp³-hybridized carbons (Fsp3) is 0.176. The van der Waals surface area contributed by atoms with Gasteiger partial charge in [0.05, 0.1) is 0 Å². The highest BCUT2D eigenvalue weighted by Crippen LogP contribution is 2.20. The minimum absolute atomic E-state index is 0.105. The topological polar surface area (TPSA) is 56.7 Å². The first kappa shape index (κ1) is 14.1. The molecule has 5 heteroatoms. The molecule has 2 aromatic carbocycles. The van der Waals surface area contributed by atoms with E-state index < -0.39 is 6.04 Å². The van der Waals surface area contributed by atoms with Crippen molar-refractivity contribution in [3.63, 3.8) is 0 Å². The smallest absolute Gasteiger partial charge is 0.254 e.